The molecule has 0 aliphatic carbocycles. The molecule has 7 unspecified atom stereocenters. The van der Waals surface area contributed by atoms with Gasteiger partial charge in [-0.3, -0.25) is 34.1 Å². The van der Waals surface area contributed by atoms with Gasteiger partial charge in [-0.25, -0.2) is 4.79 Å². The number of nitrogens with one attached hydrogen (secondary N) is 2. The van der Waals surface area contributed by atoms with Crippen LogP contribution in [-0.4, -0.2) is 89.4 Å². The Kier molecular flexibility index (Phi) is 9.98. The summed E-state index contributed by atoms with van der Waals surface area (Å²) in [4.78, 5) is 57.4. The van der Waals surface area contributed by atoms with Crippen molar-refractivity contribution in [1.82, 2.24) is 19.9 Å². The lowest BCUT2D eigenvalue weighted by Crippen LogP contribution is -2.44. The summed E-state index contributed by atoms with van der Waals surface area (Å²) in [6.07, 6.45) is 1.63. The van der Waals surface area contributed by atoms with E-state index in [-0.39, 0.29) is 43.0 Å². The molecule has 2 N–H and O–H groups in total. The van der Waals surface area contributed by atoms with Crippen molar-refractivity contribution in [3.63, 3.8) is 0 Å². The monoisotopic (exact) mass is 578 g/mol. The topological polar surface area (TPSA) is 150 Å². The van der Waals surface area contributed by atoms with E-state index in [9.17, 15) is 19.2 Å². The number of nitrogens with zero attached hydrogens (tertiary/aromatic N) is 2. The van der Waals surface area contributed by atoms with Crippen molar-refractivity contribution in [2.24, 2.45) is 5.92 Å². The highest BCUT2D eigenvalue weighted by molar-refractivity contribution is 6.08. The molecule has 2 saturated heterocycles. The number of likely N-dealkylation sites (N-methyl/N-ethyl adjacent to an activating group) is 1. The minimum Gasteiger partial charge on any atom is -0.376 e. The lowest BCUT2D eigenvalue weighted by atomic mass is 9.92. The first-order chi connectivity index (χ1) is 19.3. The molecular formula is C28H42N4O9. The maximum absolute atomic E-state index is 12.6. The first kappa shape index (κ1) is 31.3. The summed E-state index contributed by atoms with van der Waals surface area (Å²) < 4.78 is 25.9. The molecule has 3 aliphatic rings. The molecule has 0 bridgehead atoms. The second kappa shape index (κ2) is 13.1. The molecule has 4 rings (SSSR count). The van der Waals surface area contributed by atoms with Crippen LogP contribution in [0.2, 0.25) is 0 Å². The first-order valence-corrected chi connectivity index (χ1v) is 14.1. The molecule has 0 saturated carbocycles. The molecule has 2 amide bonds. The summed E-state index contributed by atoms with van der Waals surface area (Å²) in [6.45, 7) is 11.5. The number of carbonyl (C=O) groups excluding carboxylic acids is 2. The summed E-state index contributed by atoms with van der Waals surface area (Å²) >= 11 is 0. The lowest BCUT2D eigenvalue weighted by Gasteiger charge is -2.30. The number of hydroxylamine groups is 2. The van der Waals surface area contributed by atoms with Crippen LogP contribution in [0.4, 0.5) is 0 Å². The fraction of sp³-hybridized carbons (Fsp3) is 0.714. The number of aromatic amines is 1. The Labute approximate surface area is 239 Å². The van der Waals surface area contributed by atoms with Crippen molar-refractivity contribution in [2.75, 3.05) is 20.3 Å². The molecule has 13 heteroatoms. The van der Waals surface area contributed by atoms with Gasteiger partial charge in [-0.2, -0.15) is 5.06 Å². The van der Waals surface area contributed by atoms with Gasteiger partial charge >= 0.3 is 5.69 Å². The summed E-state index contributed by atoms with van der Waals surface area (Å²) in [6, 6.07) is -0.246. The van der Waals surface area contributed by atoms with Gasteiger partial charge < -0.3 is 18.9 Å². The Hall–Kier alpha value is -2.68. The molecule has 41 heavy (non-hydrogen) atoms. The molecule has 0 aromatic carbocycles. The van der Waals surface area contributed by atoms with E-state index in [4.69, 9.17) is 23.8 Å². The van der Waals surface area contributed by atoms with Crippen LogP contribution in [0.15, 0.2) is 27.4 Å². The highest BCUT2D eigenvalue weighted by Gasteiger charge is 2.45. The van der Waals surface area contributed by atoms with Gasteiger partial charge in [0.05, 0.1) is 55.7 Å². The van der Waals surface area contributed by atoms with E-state index in [0.29, 0.717) is 30.6 Å². The average molecular weight is 579 g/mol. The fourth-order valence-corrected chi connectivity index (χ4v) is 5.40. The number of rotatable bonds is 11. The zero-order valence-electron chi connectivity index (χ0n) is 24.7. The fourth-order valence-electron chi connectivity index (χ4n) is 5.40. The molecule has 1 aromatic rings. The summed E-state index contributed by atoms with van der Waals surface area (Å²) in [7, 11) is 1.80. The number of aryl methyl sites for hydroxylation is 1. The zero-order valence-corrected chi connectivity index (χ0v) is 24.7. The highest BCUT2D eigenvalue weighted by atomic mass is 16.7. The van der Waals surface area contributed by atoms with E-state index in [0.717, 1.165) is 0 Å². The summed E-state index contributed by atoms with van der Waals surface area (Å²) in [5, 5.41) is 4.10. The minimum atomic E-state index is -0.630. The van der Waals surface area contributed by atoms with Crippen LogP contribution >= 0.6 is 0 Å². The Morgan fingerprint density at radius 2 is 1.76 bits per heavy atom. The van der Waals surface area contributed by atoms with E-state index in [2.05, 4.69) is 10.3 Å². The van der Waals surface area contributed by atoms with Gasteiger partial charge in [0.25, 0.3) is 11.5 Å². The third kappa shape index (κ3) is 7.40. The SMILES string of the molecule is CC1=CC(C2CC(N(C)OCC3OC(n4cc(C)c(=O)[nH]c4=O)CC3OC(C)C)C(COC(C)C)O2)C(=O)NC1=O. The van der Waals surface area contributed by atoms with E-state index in [1.54, 1.807) is 32.0 Å². The smallest absolute Gasteiger partial charge is 0.330 e. The number of aromatic nitrogens is 2. The van der Waals surface area contributed by atoms with Crippen LogP contribution < -0.4 is 16.6 Å². The molecule has 228 valence electrons. The Balaban J connectivity index is 1.46. The zero-order chi connectivity index (χ0) is 30.0. The number of hydrogen-bond donors (Lipinski definition) is 2. The third-order valence-corrected chi connectivity index (χ3v) is 7.57. The number of hydrogen-bond acceptors (Lipinski definition) is 10. The normalized spacial score (nSPS) is 30.5. The van der Waals surface area contributed by atoms with Crippen molar-refractivity contribution >= 4 is 11.8 Å². The van der Waals surface area contributed by atoms with Crippen LogP contribution in [0.1, 0.15) is 59.3 Å². The predicted molar refractivity (Wildman–Crippen MR) is 147 cm³/mol. The van der Waals surface area contributed by atoms with Crippen LogP contribution in [0.3, 0.4) is 0 Å². The van der Waals surface area contributed by atoms with Gasteiger partial charge in [0.15, 0.2) is 0 Å². The molecule has 13 nitrogen and oxygen atoms in total. The number of imide groups is 1. The van der Waals surface area contributed by atoms with Gasteiger partial charge in [0.1, 0.15) is 12.3 Å². The average Bonchev–Trinajstić information content (AvgIpc) is 3.49. The maximum atomic E-state index is 12.6. The Morgan fingerprint density at radius 3 is 2.44 bits per heavy atom. The largest absolute Gasteiger partial charge is 0.376 e. The third-order valence-electron chi connectivity index (χ3n) is 7.57. The van der Waals surface area contributed by atoms with Crippen LogP contribution in [-0.2, 0) is 33.4 Å². The first-order valence-electron chi connectivity index (χ1n) is 14.1. The van der Waals surface area contributed by atoms with Gasteiger partial charge in [-0.05, 0) is 48.0 Å². The second-order valence-corrected chi connectivity index (χ2v) is 11.5. The molecular weight excluding hydrogens is 536 g/mol. The number of H-pyrrole nitrogens is 1. The lowest BCUT2D eigenvalue weighted by molar-refractivity contribution is -0.213. The van der Waals surface area contributed by atoms with Crippen molar-refractivity contribution < 1.29 is 33.4 Å². The minimum absolute atomic E-state index is 0.0139. The van der Waals surface area contributed by atoms with E-state index in [1.165, 1.54) is 10.8 Å². The Morgan fingerprint density at radius 1 is 1.02 bits per heavy atom. The molecule has 3 aliphatic heterocycles. The van der Waals surface area contributed by atoms with Crippen molar-refractivity contribution in [3.05, 3.63) is 44.2 Å². The summed E-state index contributed by atoms with van der Waals surface area (Å²) in [5.74, 6) is -1.38. The van der Waals surface area contributed by atoms with E-state index < -0.39 is 41.5 Å². The summed E-state index contributed by atoms with van der Waals surface area (Å²) in [5.41, 5.74) is -0.105. The molecule has 0 spiro atoms. The molecule has 7 atom stereocenters. The highest BCUT2D eigenvalue weighted by Crippen LogP contribution is 2.34. The van der Waals surface area contributed by atoms with Gasteiger partial charge in [0.2, 0.25) is 5.91 Å². The quantitative estimate of drug-likeness (QED) is 0.287. The van der Waals surface area contributed by atoms with Crippen molar-refractivity contribution in [2.45, 2.75) is 103 Å². The molecule has 1 aromatic heterocycles. The van der Waals surface area contributed by atoms with Crippen LogP contribution in [0, 0.1) is 12.8 Å². The van der Waals surface area contributed by atoms with Gasteiger partial charge in [-0.15, -0.1) is 0 Å². The predicted octanol–water partition coefficient (Wildman–Crippen LogP) is 0.960. The Bertz CT molecular complexity index is 1260. The number of carbonyl (C=O) groups is 2. The van der Waals surface area contributed by atoms with Gasteiger partial charge in [-0.1, -0.05) is 6.08 Å². The maximum Gasteiger partial charge on any atom is 0.330 e. The molecule has 4 heterocycles. The van der Waals surface area contributed by atoms with Crippen molar-refractivity contribution in [3.8, 4) is 0 Å². The molecule has 0 radical (unpaired) electrons. The number of amides is 2. The van der Waals surface area contributed by atoms with Gasteiger partial charge in [0, 0.05) is 30.8 Å². The number of ether oxygens (including phenoxy) is 4. The van der Waals surface area contributed by atoms with E-state index >= 15 is 0 Å². The van der Waals surface area contributed by atoms with Crippen LogP contribution in [0.5, 0.6) is 0 Å². The molecule has 2 fully saturated rings. The van der Waals surface area contributed by atoms with Crippen molar-refractivity contribution in [1.29, 1.82) is 0 Å². The van der Waals surface area contributed by atoms with E-state index in [1.807, 2.05) is 27.7 Å². The second-order valence-electron chi connectivity index (χ2n) is 11.5. The standard InChI is InChI=1S/C28H42N4O9/c1-14(2)37-12-22-19(9-20(40-22)18-8-16(5)25(33)29-27(18)35)31(7)38-13-23-21(39-15(3)4)10-24(41-23)32-11-17(6)26(34)30-28(32)36/h8,11,14-15,18-24H,9-10,12-13H2,1-7H3,(H,29,33,35)(H,30,34,36). The van der Waals surface area contributed by atoms with Crippen LogP contribution in [0.25, 0.3) is 0 Å².